The molecule has 0 atom stereocenters. The van der Waals surface area contributed by atoms with Crippen LogP contribution in [0.15, 0.2) is 54.6 Å². The molecule has 1 aliphatic heterocycles. The topological polar surface area (TPSA) is 40.5 Å². The smallest absolute Gasteiger partial charge is 0.254 e. The van der Waals surface area contributed by atoms with Crippen LogP contribution in [0.2, 0.25) is 0 Å². The summed E-state index contributed by atoms with van der Waals surface area (Å²) in [6.45, 7) is 1.49. The molecule has 1 heterocycles. The predicted molar refractivity (Wildman–Crippen MR) is 82.2 cm³/mol. The lowest BCUT2D eigenvalue weighted by Gasteiger charge is -2.38. The molecule has 1 fully saturated rings. The molecule has 2 aromatic rings. The van der Waals surface area contributed by atoms with Gasteiger partial charge in [-0.3, -0.25) is 4.79 Å². The first-order chi connectivity index (χ1) is 10.3. The largest absolute Gasteiger partial charge is 0.396 e. The number of rotatable bonds is 4. The number of benzene rings is 2. The van der Waals surface area contributed by atoms with Crippen molar-refractivity contribution in [2.75, 3.05) is 19.7 Å². The van der Waals surface area contributed by atoms with E-state index in [2.05, 4.69) is 12.1 Å². The summed E-state index contributed by atoms with van der Waals surface area (Å²) in [6, 6.07) is 18.0. The molecule has 1 aliphatic rings. The Hall–Kier alpha value is -2.13. The van der Waals surface area contributed by atoms with Crippen LogP contribution in [0.25, 0.3) is 0 Å². The minimum Gasteiger partial charge on any atom is -0.396 e. The zero-order valence-electron chi connectivity index (χ0n) is 11.9. The van der Waals surface area contributed by atoms with Gasteiger partial charge in [-0.1, -0.05) is 48.5 Å². The molecule has 21 heavy (non-hydrogen) atoms. The van der Waals surface area contributed by atoms with Crippen LogP contribution in [0.5, 0.6) is 0 Å². The molecule has 1 N–H and O–H groups in total. The van der Waals surface area contributed by atoms with Gasteiger partial charge in [-0.15, -0.1) is 0 Å². The summed E-state index contributed by atoms with van der Waals surface area (Å²) in [6.07, 6.45) is 0.764. The Morgan fingerprint density at radius 3 is 2.43 bits per heavy atom. The van der Waals surface area contributed by atoms with Gasteiger partial charge in [0.25, 0.3) is 5.91 Å². The summed E-state index contributed by atoms with van der Waals surface area (Å²) in [5.74, 6) is 0.321. The second-order valence-electron chi connectivity index (χ2n) is 5.58. The van der Waals surface area contributed by atoms with E-state index in [0.717, 1.165) is 17.5 Å². The summed E-state index contributed by atoms with van der Waals surface area (Å²) in [5.41, 5.74) is 3.04. The molecular formula is C18H19NO2. The molecule has 0 unspecified atom stereocenters. The van der Waals surface area contributed by atoms with E-state index in [4.69, 9.17) is 5.11 Å². The number of amides is 1. The molecule has 0 aliphatic carbocycles. The molecule has 1 amide bonds. The molecular weight excluding hydrogens is 262 g/mol. The van der Waals surface area contributed by atoms with Crippen LogP contribution in [-0.2, 0) is 6.42 Å². The van der Waals surface area contributed by atoms with Gasteiger partial charge in [0, 0.05) is 31.2 Å². The summed E-state index contributed by atoms with van der Waals surface area (Å²) in [7, 11) is 0. The molecule has 2 aromatic carbocycles. The summed E-state index contributed by atoms with van der Waals surface area (Å²) < 4.78 is 0. The van der Waals surface area contributed by atoms with Crippen molar-refractivity contribution < 1.29 is 9.90 Å². The van der Waals surface area contributed by atoms with Crippen LogP contribution in [0.3, 0.4) is 0 Å². The first kappa shape index (κ1) is 13.8. The Labute approximate surface area is 124 Å². The first-order valence-electron chi connectivity index (χ1n) is 7.30. The molecule has 0 saturated carbocycles. The van der Waals surface area contributed by atoms with E-state index in [1.165, 1.54) is 5.56 Å². The molecule has 3 nitrogen and oxygen atoms in total. The normalized spacial score (nSPS) is 14.8. The highest BCUT2D eigenvalue weighted by molar-refractivity contribution is 5.96. The van der Waals surface area contributed by atoms with E-state index >= 15 is 0 Å². The van der Waals surface area contributed by atoms with Crippen LogP contribution in [0.1, 0.15) is 21.5 Å². The van der Waals surface area contributed by atoms with Crippen LogP contribution < -0.4 is 0 Å². The Kier molecular flexibility index (Phi) is 4.02. The van der Waals surface area contributed by atoms with Crippen LogP contribution in [0, 0.1) is 5.92 Å². The quantitative estimate of drug-likeness (QED) is 0.934. The fourth-order valence-electron chi connectivity index (χ4n) is 2.72. The summed E-state index contributed by atoms with van der Waals surface area (Å²) >= 11 is 0. The lowest BCUT2D eigenvalue weighted by atomic mass is 9.95. The number of carbonyl (C=O) groups excluding carboxylic acids is 1. The number of hydrogen-bond donors (Lipinski definition) is 1. The lowest BCUT2D eigenvalue weighted by Crippen LogP contribution is -2.51. The Morgan fingerprint density at radius 2 is 1.71 bits per heavy atom. The second kappa shape index (κ2) is 6.10. The molecule has 3 heteroatoms. The van der Waals surface area contributed by atoms with Gasteiger partial charge in [-0.05, 0) is 23.6 Å². The van der Waals surface area contributed by atoms with Gasteiger partial charge < -0.3 is 10.0 Å². The second-order valence-corrected chi connectivity index (χ2v) is 5.58. The highest BCUT2D eigenvalue weighted by atomic mass is 16.3. The number of nitrogens with zero attached hydrogens (tertiary/aromatic N) is 1. The van der Waals surface area contributed by atoms with E-state index in [-0.39, 0.29) is 18.4 Å². The first-order valence-corrected chi connectivity index (χ1v) is 7.30. The predicted octanol–water partition coefficient (Wildman–Crippen LogP) is 2.34. The number of hydrogen-bond acceptors (Lipinski definition) is 2. The fraction of sp³-hybridized carbons (Fsp3) is 0.278. The van der Waals surface area contributed by atoms with E-state index in [1.54, 1.807) is 0 Å². The van der Waals surface area contributed by atoms with Crippen molar-refractivity contribution in [2.24, 2.45) is 5.92 Å². The molecule has 3 rings (SSSR count). The zero-order valence-corrected chi connectivity index (χ0v) is 11.9. The average molecular weight is 281 g/mol. The maximum Gasteiger partial charge on any atom is 0.254 e. The summed E-state index contributed by atoms with van der Waals surface area (Å²) in [5, 5.41) is 9.07. The molecule has 108 valence electrons. The highest BCUT2D eigenvalue weighted by Gasteiger charge is 2.31. The van der Waals surface area contributed by atoms with Crippen molar-refractivity contribution in [3.05, 3.63) is 71.3 Å². The van der Waals surface area contributed by atoms with Gasteiger partial charge >= 0.3 is 0 Å². The van der Waals surface area contributed by atoms with Crippen LogP contribution in [-0.4, -0.2) is 35.6 Å². The number of aliphatic hydroxyl groups is 1. The SMILES string of the molecule is O=C(c1ccccc1Cc1ccccc1)N1CC(CO)C1. The van der Waals surface area contributed by atoms with Crippen molar-refractivity contribution in [1.82, 2.24) is 4.90 Å². The maximum absolute atomic E-state index is 12.5. The average Bonchev–Trinajstić information content (AvgIpc) is 2.48. The van der Waals surface area contributed by atoms with Crippen molar-refractivity contribution >= 4 is 5.91 Å². The highest BCUT2D eigenvalue weighted by Crippen LogP contribution is 2.21. The van der Waals surface area contributed by atoms with E-state index in [9.17, 15) is 4.79 Å². The third kappa shape index (κ3) is 2.98. The number of carbonyl (C=O) groups is 1. The van der Waals surface area contributed by atoms with Gasteiger partial charge in [-0.25, -0.2) is 0 Å². The van der Waals surface area contributed by atoms with E-state index in [0.29, 0.717) is 13.1 Å². The standard InChI is InChI=1S/C18H19NO2/c20-13-15-11-19(12-15)18(21)17-9-5-4-8-16(17)10-14-6-2-1-3-7-14/h1-9,15,20H,10-13H2. The minimum atomic E-state index is 0.0752. The van der Waals surface area contributed by atoms with Gasteiger partial charge in [-0.2, -0.15) is 0 Å². The Balaban J connectivity index is 1.78. The van der Waals surface area contributed by atoms with Crippen molar-refractivity contribution in [1.29, 1.82) is 0 Å². The van der Waals surface area contributed by atoms with Gasteiger partial charge in [0.05, 0.1) is 0 Å². The third-order valence-electron chi connectivity index (χ3n) is 3.99. The molecule has 0 bridgehead atoms. The maximum atomic E-state index is 12.5. The zero-order chi connectivity index (χ0) is 14.7. The van der Waals surface area contributed by atoms with Crippen molar-refractivity contribution in [3.63, 3.8) is 0 Å². The van der Waals surface area contributed by atoms with E-state index < -0.39 is 0 Å². The lowest BCUT2D eigenvalue weighted by molar-refractivity contribution is 0.0361. The molecule has 0 spiro atoms. The third-order valence-corrected chi connectivity index (χ3v) is 3.99. The number of aliphatic hydroxyl groups excluding tert-OH is 1. The van der Waals surface area contributed by atoms with Crippen molar-refractivity contribution in [2.45, 2.75) is 6.42 Å². The summed E-state index contributed by atoms with van der Waals surface area (Å²) in [4.78, 5) is 14.4. The minimum absolute atomic E-state index is 0.0752. The van der Waals surface area contributed by atoms with Gasteiger partial charge in [0.15, 0.2) is 0 Å². The monoisotopic (exact) mass is 281 g/mol. The van der Waals surface area contributed by atoms with Crippen molar-refractivity contribution in [3.8, 4) is 0 Å². The van der Waals surface area contributed by atoms with Crippen LogP contribution >= 0.6 is 0 Å². The van der Waals surface area contributed by atoms with Gasteiger partial charge in [0.2, 0.25) is 0 Å². The molecule has 1 saturated heterocycles. The number of likely N-dealkylation sites (tertiary alicyclic amines) is 1. The van der Waals surface area contributed by atoms with E-state index in [1.807, 2.05) is 47.4 Å². The Morgan fingerprint density at radius 1 is 1.05 bits per heavy atom. The fourth-order valence-corrected chi connectivity index (χ4v) is 2.72. The van der Waals surface area contributed by atoms with Gasteiger partial charge in [0.1, 0.15) is 0 Å². The molecule has 0 aromatic heterocycles. The van der Waals surface area contributed by atoms with Crippen LogP contribution in [0.4, 0.5) is 0 Å². The Bertz CT molecular complexity index is 618. The molecule has 0 radical (unpaired) electrons.